The first-order valence-electron chi connectivity index (χ1n) is 6.99. The predicted octanol–water partition coefficient (Wildman–Crippen LogP) is 1.99. The topological polar surface area (TPSA) is 49.4 Å². The van der Waals surface area contributed by atoms with E-state index in [2.05, 4.69) is 5.32 Å². The van der Waals surface area contributed by atoms with E-state index in [0.717, 1.165) is 12.8 Å². The minimum absolute atomic E-state index is 0.0980. The molecular formula is C15H17FN2O2. The van der Waals surface area contributed by atoms with Gasteiger partial charge in [0.1, 0.15) is 11.4 Å². The molecule has 20 heavy (non-hydrogen) atoms. The van der Waals surface area contributed by atoms with Crippen LogP contribution < -0.4 is 10.2 Å². The Kier molecular flexibility index (Phi) is 3.20. The van der Waals surface area contributed by atoms with E-state index in [1.807, 2.05) is 0 Å². The normalized spacial score (nSPS) is 21.9. The van der Waals surface area contributed by atoms with Gasteiger partial charge in [-0.2, -0.15) is 0 Å². The predicted molar refractivity (Wildman–Crippen MR) is 72.7 cm³/mol. The number of nitrogens with one attached hydrogen (secondary N) is 1. The Morgan fingerprint density at radius 1 is 1.20 bits per heavy atom. The van der Waals surface area contributed by atoms with E-state index in [0.29, 0.717) is 25.1 Å². The molecule has 1 saturated heterocycles. The largest absolute Gasteiger partial charge is 0.342 e. The van der Waals surface area contributed by atoms with Crippen molar-refractivity contribution in [3.63, 3.8) is 0 Å². The van der Waals surface area contributed by atoms with Gasteiger partial charge in [-0.1, -0.05) is 18.9 Å². The van der Waals surface area contributed by atoms with Crippen molar-refractivity contribution >= 4 is 17.5 Å². The van der Waals surface area contributed by atoms with Gasteiger partial charge in [0.05, 0.1) is 0 Å². The molecule has 5 heteroatoms. The molecule has 1 saturated carbocycles. The minimum atomic E-state index is -0.778. The highest BCUT2D eigenvalue weighted by Gasteiger charge is 2.46. The molecule has 1 heterocycles. The quantitative estimate of drug-likeness (QED) is 0.852. The number of benzene rings is 1. The lowest BCUT2D eigenvalue weighted by Gasteiger charge is -2.31. The number of anilines is 1. The van der Waals surface area contributed by atoms with Crippen LogP contribution >= 0.6 is 0 Å². The van der Waals surface area contributed by atoms with Crippen molar-refractivity contribution < 1.29 is 14.0 Å². The molecule has 3 rings (SSSR count). The summed E-state index contributed by atoms with van der Waals surface area (Å²) in [4.78, 5) is 26.2. The Balaban J connectivity index is 1.98. The van der Waals surface area contributed by atoms with Crippen molar-refractivity contribution in [1.29, 1.82) is 0 Å². The van der Waals surface area contributed by atoms with Crippen molar-refractivity contribution in [1.82, 2.24) is 5.32 Å². The molecule has 106 valence electrons. The summed E-state index contributed by atoms with van der Waals surface area (Å²) < 4.78 is 13.4. The molecular weight excluding hydrogens is 259 g/mol. The first-order valence-corrected chi connectivity index (χ1v) is 6.99. The summed E-state index contributed by atoms with van der Waals surface area (Å²) in [6.07, 6.45) is 3.46. The molecule has 1 aliphatic heterocycles. The monoisotopic (exact) mass is 276 g/mol. The van der Waals surface area contributed by atoms with Crippen LogP contribution in [0.4, 0.5) is 10.1 Å². The lowest BCUT2D eigenvalue weighted by atomic mass is 9.95. The molecule has 2 amide bonds. The fraction of sp³-hybridized carbons (Fsp3) is 0.467. The van der Waals surface area contributed by atoms with Gasteiger partial charge >= 0.3 is 0 Å². The van der Waals surface area contributed by atoms with Crippen molar-refractivity contribution in [2.45, 2.75) is 37.6 Å². The summed E-state index contributed by atoms with van der Waals surface area (Å²) >= 11 is 0. The first kappa shape index (κ1) is 13.1. The van der Waals surface area contributed by atoms with Crippen LogP contribution in [-0.2, 0) is 9.59 Å². The molecule has 1 aliphatic carbocycles. The highest BCUT2D eigenvalue weighted by molar-refractivity contribution is 6.04. The highest BCUT2D eigenvalue weighted by atomic mass is 19.1. The van der Waals surface area contributed by atoms with Crippen molar-refractivity contribution in [2.75, 3.05) is 11.4 Å². The van der Waals surface area contributed by atoms with E-state index in [-0.39, 0.29) is 24.1 Å². The molecule has 0 atom stereocenters. The third-order valence-electron chi connectivity index (χ3n) is 4.17. The van der Waals surface area contributed by atoms with Gasteiger partial charge in [-0.15, -0.1) is 0 Å². The van der Waals surface area contributed by atoms with Crippen LogP contribution in [0.15, 0.2) is 24.3 Å². The number of hydrogen-bond acceptors (Lipinski definition) is 2. The van der Waals surface area contributed by atoms with Crippen LogP contribution in [0.25, 0.3) is 0 Å². The van der Waals surface area contributed by atoms with E-state index in [9.17, 15) is 14.0 Å². The maximum absolute atomic E-state index is 13.4. The lowest BCUT2D eigenvalue weighted by Crippen LogP contribution is -2.55. The maximum atomic E-state index is 13.4. The zero-order chi connectivity index (χ0) is 14.2. The van der Waals surface area contributed by atoms with Gasteiger partial charge in [0.2, 0.25) is 5.91 Å². The Bertz CT molecular complexity index is 553. The van der Waals surface area contributed by atoms with Crippen LogP contribution in [0.2, 0.25) is 0 Å². The smallest absolute Gasteiger partial charge is 0.252 e. The standard InChI is InChI=1S/C15H17FN2O2/c16-11-4-3-5-12(10-11)18-9-6-13(19)17-15(14(18)20)7-1-2-8-15/h3-5,10H,1-2,6-9H2,(H,17,19). The molecule has 1 spiro atoms. The van der Waals surface area contributed by atoms with Crippen LogP contribution in [0.1, 0.15) is 32.1 Å². The highest BCUT2D eigenvalue weighted by Crippen LogP contribution is 2.34. The van der Waals surface area contributed by atoms with Gasteiger partial charge < -0.3 is 10.2 Å². The van der Waals surface area contributed by atoms with Gasteiger partial charge in [0.15, 0.2) is 0 Å². The molecule has 0 bridgehead atoms. The summed E-state index contributed by atoms with van der Waals surface area (Å²) in [6, 6.07) is 5.98. The second kappa shape index (κ2) is 4.89. The van der Waals surface area contributed by atoms with E-state index >= 15 is 0 Å². The molecule has 1 N–H and O–H groups in total. The molecule has 0 aromatic heterocycles. The second-order valence-electron chi connectivity index (χ2n) is 5.52. The number of hydrogen-bond donors (Lipinski definition) is 1. The lowest BCUT2D eigenvalue weighted by molar-refractivity contribution is -0.129. The van der Waals surface area contributed by atoms with Gasteiger partial charge in [0, 0.05) is 18.7 Å². The molecule has 2 fully saturated rings. The Hall–Kier alpha value is -1.91. The Morgan fingerprint density at radius 2 is 1.95 bits per heavy atom. The van der Waals surface area contributed by atoms with Crippen LogP contribution in [-0.4, -0.2) is 23.9 Å². The number of rotatable bonds is 1. The summed E-state index contributed by atoms with van der Waals surface area (Å²) in [5.41, 5.74) is -0.252. The summed E-state index contributed by atoms with van der Waals surface area (Å²) in [5.74, 6) is -0.579. The molecule has 0 radical (unpaired) electrons. The van der Waals surface area contributed by atoms with Gasteiger partial charge in [0.25, 0.3) is 5.91 Å². The van der Waals surface area contributed by atoms with Crippen molar-refractivity contribution in [2.24, 2.45) is 0 Å². The van der Waals surface area contributed by atoms with Gasteiger partial charge in [-0.25, -0.2) is 4.39 Å². The van der Waals surface area contributed by atoms with E-state index in [1.165, 1.54) is 12.1 Å². The zero-order valence-corrected chi connectivity index (χ0v) is 11.2. The van der Waals surface area contributed by atoms with Crippen LogP contribution in [0.3, 0.4) is 0 Å². The third-order valence-corrected chi connectivity index (χ3v) is 4.17. The van der Waals surface area contributed by atoms with Gasteiger partial charge in [-0.3, -0.25) is 9.59 Å². The number of nitrogens with zero attached hydrogens (tertiary/aromatic N) is 1. The average Bonchev–Trinajstić information content (AvgIpc) is 2.83. The fourth-order valence-electron chi connectivity index (χ4n) is 3.16. The number of amides is 2. The fourth-order valence-corrected chi connectivity index (χ4v) is 3.16. The molecule has 1 aromatic rings. The van der Waals surface area contributed by atoms with E-state index < -0.39 is 5.54 Å². The summed E-state index contributed by atoms with van der Waals surface area (Å²) in [5, 5.41) is 2.89. The van der Waals surface area contributed by atoms with Crippen LogP contribution in [0.5, 0.6) is 0 Å². The maximum Gasteiger partial charge on any atom is 0.252 e. The molecule has 1 aromatic carbocycles. The second-order valence-corrected chi connectivity index (χ2v) is 5.52. The SMILES string of the molecule is O=C1CCN(c2cccc(F)c2)C(=O)C2(CCCC2)N1. The van der Waals surface area contributed by atoms with Crippen LogP contribution in [0, 0.1) is 5.82 Å². The molecule has 0 unspecified atom stereocenters. The van der Waals surface area contributed by atoms with Gasteiger partial charge in [-0.05, 0) is 31.0 Å². The number of carbonyl (C=O) groups is 2. The first-order chi connectivity index (χ1) is 9.61. The molecule has 4 nitrogen and oxygen atoms in total. The minimum Gasteiger partial charge on any atom is -0.342 e. The van der Waals surface area contributed by atoms with Crippen molar-refractivity contribution in [3.8, 4) is 0 Å². The summed E-state index contributed by atoms with van der Waals surface area (Å²) in [6.45, 7) is 0.301. The average molecular weight is 276 g/mol. The summed E-state index contributed by atoms with van der Waals surface area (Å²) in [7, 11) is 0. The Morgan fingerprint density at radius 3 is 2.65 bits per heavy atom. The van der Waals surface area contributed by atoms with E-state index in [4.69, 9.17) is 0 Å². The van der Waals surface area contributed by atoms with E-state index in [1.54, 1.807) is 17.0 Å². The molecule has 2 aliphatic rings. The zero-order valence-electron chi connectivity index (χ0n) is 11.2. The number of carbonyl (C=O) groups excluding carboxylic acids is 2. The van der Waals surface area contributed by atoms with Crippen molar-refractivity contribution in [3.05, 3.63) is 30.1 Å². The number of halogens is 1. The third kappa shape index (κ3) is 2.17. The Labute approximate surface area is 117 Å².